The molecule has 2 aliphatic heterocycles. The van der Waals surface area contributed by atoms with E-state index in [1.54, 1.807) is 13.8 Å². The van der Waals surface area contributed by atoms with E-state index in [2.05, 4.69) is 94.4 Å². The van der Waals surface area contributed by atoms with Crippen molar-refractivity contribution in [3.63, 3.8) is 0 Å². The van der Waals surface area contributed by atoms with Gasteiger partial charge in [0.15, 0.2) is 0 Å². The molecule has 0 spiro atoms. The Kier molecular flexibility index (Phi) is 34.5. The lowest BCUT2D eigenvalue weighted by molar-refractivity contribution is -0.143. The number of ether oxygens (including phenoxy) is 2. The molecule has 0 aromatic carbocycles. The summed E-state index contributed by atoms with van der Waals surface area (Å²) in [5, 5.41) is 2.95. The summed E-state index contributed by atoms with van der Waals surface area (Å²) in [4.78, 5) is 48.2. The monoisotopic (exact) mass is 942 g/mol. The predicted molar refractivity (Wildman–Crippen MR) is 196 cm³/mol. The van der Waals surface area contributed by atoms with E-state index < -0.39 is 0 Å². The first-order chi connectivity index (χ1) is 19.3. The van der Waals surface area contributed by atoms with Crippen LogP contribution >= 0.6 is 79.4 Å². The van der Waals surface area contributed by atoms with E-state index in [1.165, 1.54) is 14.2 Å². The number of nitrogens with one attached hydrogen (secondary N) is 1. The molecule has 244 valence electrons. The summed E-state index contributed by atoms with van der Waals surface area (Å²) < 4.78 is 10.0. The quantitative estimate of drug-likeness (QED) is 0.150. The lowest BCUT2D eigenvalue weighted by Crippen LogP contribution is -2.44. The van der Waals surface area contributed by atoms with E-state index in [0.717, 1.165) is 53.8 Å². The first-order valence-electron chi connectivity index (χ1n) is 14.3. The normalized spacial score (nSPS) is 16.9. The maximum Gasteiger partial charge on any atom is 0.305 e. The van der Waals surface area contributed by atoms with E-state index in [4.69, 9.17) is 11.6 Å². The second kappa shape index (κ2) is 30.7. The molecule has 2 unspecified atom stereocenters. The van der Waals surface area contributed by atoms with Crippen molar-refractivity contribution in [1.82, 2.24) is 10.2 Å². The fraction of sp³-hybridized carbons (Fsp3) is 0.862. The Hall–Kier alpha value is 0.680. The molecule has 8 nitrogen and oxygen atoms in total. The molecule has 12 heteroatoms. The average Bonchev–Trinajstić information content (AvgIpc) is 2.98. The number of ketones is 2. The minimum Gasteiger partial charge on any atom is -0.469 e. The Morgan fingerprint density at radius 1 is 0.805 bits per heavy atom. The summed E-state index contributed by atoms with van der Waals surface area (Å²) in [7, 11) is 2.88. The van der Waals surface area contributed by atoms with Gasteiger partial charge in [0.05, 0.1) is 27.6 Å². The van der Waals surface area contributed by atoms with Gasteiger partial charge in [0.2, 0.25) is 0 Å². The van der Waals surface area contributed by atoms with Gasteiger partial charge < -0.3 is 14.8 Å². The third-order valence-corrected chi connectivity index (χ3v) is 6.87. The third-order valence-electron chi connectivity index (χ3n) is 6.63. The van der Waals surface area contributed by atoms with Gasteiger partial charge in [-0.25, -0.2) is 0 Å². The summed E-state index contributed by atoms with van der Waals surface area (Å²) >= 11 is 12.2. The van der Waals surface area contributed by atoms with Crippen LogP contribution in [0, 0.1) is 11.8 Å². The van der Waals surface area contributed by atoms with Crippen LogP contribution in [0.15, 0.2) is 0 Å². The van der Waals surface area contributed by atoms with Crippen LogP contribution in [0.4, 0.5) is 0 Å². The highest BCUT2D eigenvalue weighted by Crippen LogP contribution is 2.22. The number of carbonyl (C=O) groups is 4. The van der Waals surface area contributed by atoms with Crippen LogP contribution in [-0.4, -0.2) is 87.1 Å². The lowest BCUT2D eigenvalue weighted by Gasteiger charge is -2.34. The summed E-state index contributed by atoms with van der Waals surface area (Å²) in [6.45, 7) is 13.4. The van der Waals surface area contributed by atoms with Crippen LogP contribution in [0.1, 0.15) is 86.0 Å². The molecule has 0 aromatic heterocycles. The van der Waals surface area contributed by atoms with Gasteiger partial charge in [-0.2, -0.15) is 0 Å². The molecule has 0 amide bonds. The van der Waals surface area contributed by atoms with Crippen LogP contribution in [0.3, 0.4) is 0 Å². The smallest absolute Gasteiger partial charge is 0.305 e. The molecular weight excluding hydrogens is 888 g/mol. The van der Waals surface area contributed by atoms with Gasteiger partial charge in [-0.3, -0.25) is 24.1 Å². The molecule has 0 bridgehead atoms. The fourth-order valence-corrected chi connectivity index (χ4v) is 4.20. The van der Waals surface area contributed by atoms with Crippen molar-refractivity contribution in [2.45, 2.75) is 99.3 Å². The van der Waals surface area contributed by atoms with Crippen molar-refractivity contribution in [2.24, 2.45) is 11.8 Å². The highest BCUT2D eigenvalue weighted by Gasteiger charge is 2.26. The van der Waals surface area contributed by atoms with Crippen molar-refractivity contribution in [1.29, 1.82) is 0 Å². The maximum absolute atomic E-state index is 11.6. The number of rotatable bonds is 9. The Labute approximate surface area is 295 Å². The molecule has 2 heterocycles. The van der Waals surface area contributed by atoms with Gasteiger partial charge in [-0.05, 0) is 89.4 Å². The lowest BCUT2D eigenvalue weighted by atomic mass is 9.92. The Balaban J connectivity index is -0.000000516. The van der Waals surface area contributed by atoms with E-state index in [0.29, 0.717) is 43.3 Å². The summed E-state index contributed by atoms with van der Waals surface area (Å²) in [6, 6.07) is 0.0269. The Morgan fingerprint density at radius 2 is 1.17 bits per heavy atom. The van der Waals surface area contributed by atoms with Gasteiger partial charge in [-0.15, -0.1) is 11.6 Å². The minimum atomic E-state index is -0.301. The molecule has 2 aliphatic rings. The number of methoxy groups -OCH3 is 2. The number of esters is 2. The molecule has 2 rings (SSSR count). The van der Waals surface area contributed by atoms with Crippen molar-refractivity contribution in [2.75, 3.05) is 45.3 Å². The van der Waals surface area contributed by atoms with Crippen molar-refractivity contribution in [3.8, 4) is 0 Å². The van der Waals surface area contributed by atoms with Gasteiger partial charge >= 0.3 is 11.9 Å². The first kappa shape index (κ1) is 46.1. The fourth-order valence-electron chi connectivity index (χ4n) is 4.05. The van der Waals surface area contributed by atoms with Crippen LogP contribution in [0.25, 0.3) is 0 Å². The molecule has 0 aliphatic carbocycles. The summed E-state index contributed by atoms with van der Waals surface area (Å²) in [5.74, 6) is 1.18. The van der Waals surface area contributed by atoms with E-state index in [-0.39, 0.29) is 29.1 Å². The number of likely N-dealkylation sites (tertiary alicyclic amines) is 1. The highest BCUT2D eigenvalue weighted by atomic mass is 127. The van der Waals surface area contributed by atoms with E-state index >= 15 is 0 Å². The maximum atomic E-state index is 11.6. The summed E-state index contributed by atoms with van der Waals surface area (Å²) in [5.41, 5.74) is 0. The Morgan fingerprint density at radius 3 is 1.46 bits per heavy atom. The number of alkyl halides is 4. The molecule has 1 N–H and O–H groups in total. The third kappa shape index (κ3) is 27.9. The van der Waals surface area contributed by atoms with Crippen molar-refractivity contribution < 1.29 is 28.7 Å². The number of nitrogens with zero attached hydrogens (tertiary/aromatic N) is 1. The van der Waals surface area contributed by atoms with Crippen molar-refractivity contribution >= 4 is 103 Å². The average molecular weight is 943 g/mol. The first-order valence-corrected chi connectivity index (χ1v) is 19.3. The van der Waals surface area contributed by atoms with Crippen LogP contribution < -0.4 is 5.32 Å². The second-order valence-corrected chi connectivity index (χ2v) is 16.5. The van der Waals surface area contributed by atoms with Gasteiger partial charge in [-0.1, -0.05) is 81.6 Å². The van der Waals surface area contributed by atoms with E-state index in [1.807, 2.05) is 18.8 Å². The molecule has 41 heavy (non-hydrogen) atoms. The number of hydrogen-bond donors (Lipinski definition) is 1. The molecule has 2 atom stereocenters. The number of carbonyl (C=O) groups excluding carboxylic acids is 4. The zero-order valence-corrected chi connectivity index (χ0v) is 33.5. The second-order valence-electron chi connectivity index (χ2n) is 9.68. The molecule has 2 saturated heterocycles. The van der Waals surface area contributed by atoms with Crippen LogP contribution in [0.5, 0.6) is 0 Å². The largest absolute Gasteiger partial charge is 0.469 e. The standard InChI is InChI=1S/C13H23NO3.C8H15NO2.C5H9ClO.C2H4I2.CH3I/c1-4-12(15)10(2)14-7-5-11(6-8-14)9-13(16)17-3;1-11-8(10)6-7-2-4-9-5-3-7;1-3-5(7)4(2)6;1-2(3)4;1-2/h10-11H,4-9H2,1-3H3;7,9H,2-6H2,1H3;4H,3H2,1-2H3;2H,1H3;1H3. The van der Waals surface area contributed by atoms with Gasteiger partial charge in [0.1, 0.15) is 11.6 Å². The van der Waals surface area contributed by atoms with E-state index in [9.17, 15) is 19.2 Å². The molecule has 0 aromatic rings. The minimum absolute atomic E-state index is 0.0269. The molecule has 0 radical (unpaired) electrons. The molecule has 0 saturated carbocycles. The van der Waals surface area contributed by atoms with Gasteiger partial charge in [0, 0.05) is 25.7 Å². The highest BCUT2D eigenvalue weighted by molar-refractivity contribution is 14.2. The summed E-state index contributed by atoms with van der Waals surface area (Å²) in [6.07, 6.45) is 6.43. The van der Waals surface area contributed by atoms with Crippen molar-refractivity contribution in [3.05, 3.63) is 0 Å². The SMILES string of the molecule is CC(I)I.CCC(=O)C(C)Cl.CCC(=O)C(C)N1CCC(CC(=O)OC)CC1.CI.COC(=O)CC1CCNCC1. The topological polar surface area (TPSA) is 102 Å². The number of halogens is 4. The molecular formula is C29H54ClI3N2O6. The number of Topliss-reactive ketones (excluding diaryl/α,β-unsaturated/α-hetero) is 2. The molecule has 2 fully saturated rings. The zero-order chi connectivity index (χ0) is 32.4. The van der Waals surface area contributed by atoms with Crippen LogP contribution in [-0.2, 0) is 28.7 Å². The number of hydrogen-bond acceptors (Lipinski definition) is 8. The van der Waals surface area contributed by atoms with Gasteiger partial charge in [0.25, 0.3) is 0 Å². The van der Waals surface area contributed by atoms with Crippen LogP contribution in [0.2, 0.25) is 0 Å². The Bertz CT molecular complexity index is 685. The number of piperidine rings is 2. The zero-order valence-electron chi connectivity index (χ0n) is 26.3. The predicted octanol–water partition coefficient (Wildman–Crippen LogP) is 7.02.